The van der Waals surface area contributed by atoms with Crippen molar-refractivity contribution in [3.63, 3.8) is 0 Å². The number of rotatable bonds is 3. The van der Waals surface area contributed by atoms with E-state index in [-0.39, 0.29) is 5.91 Å². The van der Waals surface area contributed by atoms with Crippen molar-refractivity contribution in [2.75, 3.05) is 17.7 Å². The molecule has 0 atom stereocenters. The van der Waals surface area contributed by atoms with Gasteiger partial charge in [-0.05, 0) is 37.6 Å². The molecular weight excluding hydrogens is 309 g/mol. The first-order valence-corrected chi connectivity index (χ1v) is 7.10. The van der Waals surface area contributed by atoms with Crippen molar-refractivity contribution < 1.29 is 4.79 Å². The van der Waals surface area contributed by atoms with Crippen LogP contribution in [0.25, 0.3) is 0 Å². The summed E-state index contributed by atoms with van der Waals surface area (Å²) in [7, 11) is 1.75. The fourth-order valence-corrected chi connectivity index (χ4v) is 2.35. The van der Waals surface area contributed by atoms with Crippen LogP contribution >= 0.6 is 23.2 Å². The van der Waals surface area contributed by atoms with Gasteiger partial charge in [-0.15, -0.1) is 0 Å². The molecule has 110 valence electrons. The summed E-state index contributed by atoms with van der Waals surface area (Å²) in [6.07, 6.45) is 0. The summed E-state index contributed by atoms with van der Waals surface area (Å²) >= 11 is 12.3. The number of amides is 1. The number of hydrogen-bond donors (Lipinski definition) is 2. The Morgan fingerprint density at radius 3 is 2.57 bits per heavy atom. The second kappa shape index (κ2) is 6.33. The number of aromatic nitrogens is 1. The maximum Gasteiger partial charge on any atom is 0.255 e. The number of carbonyl (C=O) groups excluding carboxylic acids is 1. The number of aryl methyl sites for hydroxylation is 2. The van der Waals surface area contributed by atoms with Gasteiger partial charge in [-0.25, -0.2) is 4.98 Å². The fraction of sp³-hybridized carbons (Fsp3) is 0.200. The maximum absolute atomic E-state index is 12.4. The first kappa shape index (κ1) is 15.6. The SMILES string of the molecule is CNc1cc(C(=O)Nc2c(Cl)ccc(C)c2Cl)cc(C)n1. The molecule has 2 aromatic rings. The molecule has 4 nitrogen and oxygen atoms in total. The average molecular weight is 324 g/mol. The van der Waals surface area contributed by atoms with Gasteiger partial charge in [-0.3, -0.25) is 4.79 Å². The lowest BCUT2D eigenvalue weighted by atomic mass is 10.2. The van der Waals surface area contributed by atoms with E-state index in [4.69, 9.17) is 23.2 Å². The zero-order chi connectivity index (χ0) is 15.6. The van der Waals surface area contributed by atoms with E-state index in [0.29, 0.717) is 27.1 Å². The molecule has 0 aliphatic rings. The van der Waals surface area contributed by atoms with Gasteiger partial charge in [-0.2, -0.15) is 0 Å². The third kappa shape index (κ3) is 3.46. The van der Waals surface area contributed by atoms with Crippen molar-refractivity contribution in [1.82, 2.24) is 4.98 Å². The smallest absolute Gasteiger partial charge is 0.255 e. The summed E-state index contributed by atoms with van der Waals surface area (Å²) in [4.78, 5) is 16.6. The van der Waals surface area contributed by atoms with Crippen molar-refractivity contribution in [3.05, 3.63) is 51.1 Å². The van der Waals surface area contributed by atoms with E-state index in [1.54, 1.807) is 31.3 Å². The van der Waals surface area contributed by atoms with Crippen LogP contribution in [0.3, 0.4) is 0 Å². The molecule has 0 unspecified atom stereocenters. The molecule has 1 heterocycles. The van der Waals surface area contributed by atoms with Crippen molar-refractivity contribution in [2.45, 2.75) is 13.8 Å². The van der Waals surface area contributed by atoms with E-state index >= 15 is 0 Å². The number of benzene rings is 1. The van der Waals surface area contributed by atoms with Gasteiger partial charge in [0.05, 0.1) is 15.7 Å². The summed E-state index contributed by atoms with van der Waals surface area (Å²) in [5.41, 5.74) is 2.50. The Morgan fingerprint density at radius 2 is 1.90 bits per heavy atom. The van der Waals surface area contributed by atoms with Gasteiger partial charge in [0.1, 0.15) is 5.82 Å². The van der Waals surface area contributed by atoms with Crippen molar-refractivity contribution >= 4 is 40.6 Å². The van der Waals surface area contributed by atoms with E-state index in [0.717, 1.165) is 11.3 Å². The minimum Gasteiger partial charge on any atom is -0.373 e. The second-order valence-electron chi connectivity index (χ2n) is 4.64. The van der Waals surface area contributed by atoms with Crippen LogP contribution in [-0.4, -0.2) is 17.9 Å². The first-order chi connectivity index (χ1) is 9.92. The highest BCUT2D eigenvalue weighted by Gasteiger charge is 2.14. The van der Waals surface area contributed by atoms with Gasteiger partial charge in [-0.1, -0.05) is 29.3 Å². The number of nitrogens with one attached hydrogen (secondary N) is 2. The van der Waals surface area contributed by atoms with E-state index in [1.165, 1.54) is 0 Å². The molecule has 0 spiro atoms. The third-order valence-electron chi connectivity index (χ3n) is 2.99. The predicted octanol–water partition coefficient (Wildman–Crippen LogP) is 4.30. The first-order valence-electron chi connectivity index (χ1n) is 6.34. The van der Waals surface area contributed by atoms with Crippen LogP contribution in [0.5, 0.6) is 0 Å². The number of pyridine rings is 1. The molecular formula is C15H15Cl2N3O. The molecule has 21 heavy (non-hydrogen) atoms. The number of halogens is 2. The van der Waals surface area contributed by atoms with Crippen molar-refractivity contribution in [3.8, 4) is 0 Å². The molecule has 0 bridgehead atoms. The fourth-order valence-electron chi connectivity index (χ4n) is 1.88. The van der Waals surface area contributed by atoms with Gasteiger partial charge >= 0.3 is 0 Å². The van der Waals surface area contributed by atoms with Crippen LogP contribution in [0, 0.1) is 13.8 Å². The largest absolute Gasteiger partial charge is 0.373 e. The maximum atomic E-state index is 12.4. The summed E-state index contributed by atoms with van der Waals surface area (Å²) in [5, 5.41) is 6.51. The molecule has 1 amide bonds. The average Bonchev–Trinajstić information content (AvgIpc) is 2.46. The molecule has 0 aliphatic heterocycles. The minimum absolute atomic E-state index is 0.286. The lowest BCUT2D eigenvalue weighted by molar-refractivity contribution is 0.102. The third-order valence-corrected chi connectivity index (χ3v) is 3.80. The molecule has 0 radical (unpaired) electrons. The van der Waals surface area contributed by atoms with Gasteiger partial charge < -0.3 is 10.6 Å². The minimum atomic E-state index is -0.286. The molecule has 0 saturated heterocycles. The Bertz CT molecular complexity index is 702. The quantitative estimate of drug-likeness (QED) is 0.885. The van der Waals surface area contributed by atoms with E-state index in [2.05, 4.69) is 15.6 Å². The van der Waals surface area contributed by atoms with E-state index in [9.17, 15) is 4.79 Å². The summed E-state index contributed by atoms with van der Waals surface area (Å²) in [6.45, 7) is 3.67. The van der Waals surface area contributed by atoms with Crippen LogP contribution in [0.4, 0.5) is 11.5 Å². The Kier molecular flexibility index (Phi) is 4.70. The molecule has 1 aromatic carbocycles. The lowest BCUT2D eigenvalue weighted by Crippen LogP contribution is -2.14. The Labute approximate surface area is 133 Å². The highest BCUT2D eigenvalue weighted by Crippen LogP contribution is 2.33. The van der Waals surface area contributed by atoms with Crippen LogP contribution in [-0.2, 0) is 0 Å². The number of nitrogens with zero attached hydrogens (tertiary/aromatic N) is 1. The normalized spacial score (nSPS) is 10.3. The van der Waals surface area contributed by atoms with Crippen molar-refractivity contribution in [1.29, 1.82) is 0 Å². The Hall–Kier alpha value is -1.78. The van der Waals surface area contributed by atoms with Gasteiger partial charge in [0.15, 0.2) is 0 Å². The molecule has 0 saturated carbocycles. The zero-order valence-corrected chi connectivity index (χ0v) is 13.4. The highest BCUT2D eigenvalue weighted by atomic mass is 35.5. The zero-order valence-electron chi connectivity index (χ0n) is 11.9. The topological polar surface area (TPSA) is 54.0 Å². The summed E-state index contributed by atoms with van der Waals surface area (Å²) < 4.78 is 0. The number of carbonyl (C=O) groups is 1. The van der Waals surface area contributed by atoms with Crippen LogP contribution in [0.2, 0.25) is 10.0 Å². The molecule has 1 aromatic heterocycles. The van der Waals surface area contributed by atoms with Gasteiger partial charge in [0.25, 0.3) is 5.91 Å². The summed E-state index contributed by atoms with van der Waals surface area (Å²) in [6, 6.07) is 6.87. The van der Waals surface area contributed by atoms with Crippen LogP contribution in [0.15, 0.2) is 24.3 Å². The molecule has 2 rings (SSSR count). The molecule has 2 N–H and O–H groups in total. The highest BCUT2D eigenvalue weighted by molar-refractivity contribution is 6.40. The van der Waals surface area contributed by atoms with Gasteiger partial charge in [0, 0.05) is 18.3 Å². The predicted molar refractivity (Wildman–Crippen MR) is 87.7 cm³/mol. The van der Waals surface area contributed by atoms with Gasteiger partial charge in [0.2, 0.25) is 0 Å². The Balaban J connectivity index is 2.35. The van der Waals surface area contributed by atoms with E-state index in [1.807, 2.05) is 13.8 Å². The summed E-state index contributed by atoms with van der Waals surface area (Å²) in [5.74, 6) is 0.341. The van der Waals surface area contributed by atoms with E-state index < -0.39 is 0 Å². The van der Waals surface area contributed by atoms with Crippen LogP contribution < -0.4 is 10.6 Å². The lowest BCUT2D eigenvalue weighted by Gasteiger charge is -2.12. The number of anilines is 2. The number of hydrogen-bond acceptors (Lipinski definition) is 3. The van der Waals surface area contributed by atoms with Crippen LogP contribution in [0.1, 0.15) is 21.6 Å². The second-order valence-corrected chi connectivity index (χ2v) is 5.42. The standard InChI is InChI=1S/C15H15Cl2N3O/c1-8-4-5-11(16)14(13(8)17)20-15(21)10-6-9(2)19-12(7-10)18-3/h4-7H,1-3H3,(H,18,19)(H,20,21). The Morgan fingerprint density at radius 1 is 1.19 bits per heavy atom. The van der Waals surface area contributed by atoms with Crippen molar-refractivity contribution in [2.24, 2.45) is 0 Å². The molecule has 6 heteroatoms. The molecule has 0 aliphatic carbocycles. The molecule has 0 fully saturated rings. The monoisotopic (exact) mass is 323 g/mol.